The maximum Gasteiger partial charge on any atom is 0.329 e. The van der Waals surface area contributed by atoms with Crippen LogP contribution in [0.25, 0.3) is 11.0 Å². The van der Waals surface area contributed by atoms with Crippen LogP contribution in [-0.4, -0.2) is 45.7 Å². The number of aryl methyl sites for hydroxylation is 1. The minimum atomic E-state index is -0.617. The molecule has 0 bridgehead atoms. The second-order valence-corrected chi connectivity index (χ2v) is 8.29. The number of benzene rings is 1. The fourth-order valence-electron chi connectivity index (χ4n) is 4.14. The fraction of sp³-hybridized carbons (Fsp3) is 0.391. The number of ether oxygens (including phenoxy) is 1. The third kappa shape index (κ3) is 4.65. The number of carbonyl (C=O) groups is 1. The minimum Gasteiger partial charge on any atom is -0.372 e. The normalized spacial score (nSPS) is 18.5. The van der Waals surface area contributed by atoms with Crippen molar-refractivity contribution in [3.8, 4) is 0 Å². The topological polar surface area (TPSA) is 109 Å². The van der Waals surface area contributed by atoms with Crippen LogP contribution in [0.2, 0.25) is 0 Å². The Morgan fingerprint density at radius 1 is 1.24 bits per heavy atom. The average Bonchev–Trinajstić information content (AvgIpc) is 2.75. The second-order valence-electron chi connectivity index (χ2n) is 8.29. The first-order valence-electron chi connectivity index (χ1n) is 10.9. The van der Waals surface area contributed by atoms with Crippen LogP contribution in [-0.2, 0) is 11.3 Å². The SMILES string of the molecule is CCCn1c(=O)[nH]c(=O)c2cc(C(=O)Nc3ccc(N4CC(C)OC(C)C4)c(F)c3)cnc21. The van der Waals surface area contributed by atoms with E-state index < -0.39 is 23.0 Å². The van der Waals surface area contributed by atoms with Gasteiger partial charge in [-0.1, -0.05) is 6.92 Å². The van der Waals surface area contributed by atoms with Crippen LogP contribution in [0.5, 0.6) is 0 Å². The second kappa shape index (κ2) is 9.14. The molecule has 0 aliphatic carbocycles. The van der Waals surface area contributed by atoms with Crippen molar-refractivity contribution >= 4 is 28.3 Å². The average molecular weight is 455 g/mol. The number of hydrogen-bond donors (Lipinski definition) is 2. The summed E-state index contributed by atoms with van der Waals surface area (Å²) in [4.78, 5) is 45.4. The molecule has 0 radical (unpaired) electrons. The number of aromatic nitrogens is 3. The van der Waals surface area contributed by atoms with Crippen molar-refractivity contribution in [3.63, 3.8) is 0 Å². The monoisotopic (exact) mass is 455 g/mol. The summed E-state index contributed by atoms with van der Waals surface area (Å²) in [5.41, 5.74) is -0.0996. The van der Waals surface area contributed by atoms with Crippen LogP contribution in [0.15, 0.2) is 40.1 Å². The Labute approximate surface area is 189 Å². The van der Waals surface area contributed by atoms with Crippen molar-refractivity contribution in [3.05, 3.63) is 62.7 Å². The lowest BCUT2D eigenvalue weighted by Crippen LogP contribution is -2.45. The van der Waals surface area contributed by atoms with E-state index in [2.05, 4.69) is 15.3 Å². The number of nitrogens with one attached hydrogen (secondary N) is 2. The quantitative estimate of drug-likeness (QED) is 0.612. The Morgan fingerprint density at radius 2 is 1.97 bits per heavy atom. The van der Waals surface area contributed by atoms with Gasteiger partial charge in [0.1, 0.15) is 11.5 Å². The molecule has 2 aromatic heterocycles. The third-order valence-electron chi connectivity index (χ3n) is 5.51. The summed E-state index contributed by atoms with van der Waals surface area (Å²) in [5, 5.41) is 2.77. The molecule has 1 aliphatic rings. The molecule has 2 atom stereocenters. The van der Waals surface area contributed by atoms with E-state index in [1.54, 1.807) is 12.1 Å². The highest BCUT2D eigenvalue weighted by Crippen LogP contribution is 2.26. The fourth-order valence-corrected chi connectivity index (χ4v) is 4.14. The lowest BCUT2D eigenvalue weighted by Gasteiger charge is -2.37. The van der Waals surface area contributed by atoms with Gasteiger partial charge in [0.05, 0.1) is 28.8 Å². The van der Waals surface area contributed by atoms with Gasteiger partial charge < -0.3 is 15.0 Å². The van der Waals surface area contributed by atoms with Gasteiger partial charge in [-0.25, -0.2) is 14.2 Å². The molecule has 3 heterocycles. The Balaban J connectivity index is 1.57. The number of carbonyl (C=O) groups excluding carboxylic acids is 1. The molecule has 174 valence electrons. The first kappa shape index (κ1) is 22.7. The number of nitrogens with zero attached hydrogens (tertiary/aromatic N) is 3. The Hall–Kier alpha value is -3.53. The van der Waals surface area contributed by atoms with Gasteiger partial charge in [0.15, 0.2) is 0 Å². The van der Waals surface area contributed by atoms with E-state index in [1.807, 2.05) is 25.7 Å². The summed E-state index contributed by atoms with van der Waals surface area (Å²) in [5.74, 6) is -0.997. The number of rotatable bonds is 5. The van der Waals surface area contributed by atoms with Gasteiger partial charge in [-0.2, -0.15) is 0 Å². The third-order valence-corrected chi connectivity index (χ3v) is 5.51. The Kier molecular flexibility index (Phi) is 6.28. The molecule has 1 amide bonds. The van der Waals surface area contributed by atoms with Crippen LogP contribution in [0.3, 0.4) is 0 Å². The van der Waals surface area contributed by atoms with Gasteiger partial charge >= 0.3 is 5.69 Å². The van der Waals surface area contributed by atoms with Crippen molar-refractivity contribution in [2.24, 2.45) is 0 Å². The molecular formula is C23H26FN5O4. The molecule has 0 spiro atoms. The van der Waals surface area contributed by atoms with Gasteiger partial charge in [-0.05, 0) is 44.5 Å². The zero-order chi connectivity index (χ0) is 23.7. The van der Waals surface area contributed by atoms with Crippen molar-refractivity contribution in [1.82, 2.24) is 14.5 Å². The largest absolute Gasteiger partial charge is 0.372 e. The Bertz CT molecular complexity index is 1310. The predicted molar refractivity (Wildman–Crippen MR) is 123 cm³/mol. The molecule has 10 heteroatoms. The number of pyridine rings is 1. The summed E-state index contributed by atoms with van der Waals surface area (Å²) in [6, 6.07) is 5.89. The van der Waals surface area contributed by atoms with Crippen LogP contribution in [0.4, 0.5) is 15.8 Å². The highest BCUT2D eigenvalue weighted by Gasteiger charge is 2.24. The zero-order valence-electron chi connectivity index (χ0n) is 18.7. The van der Waals surface area contributed by atoms with Gasteiger partial charge in [-0.15, -0.1) is 0 Å². The van der Waals surface area contributed by atoms with Gasteiger partial charge in [0.25, 0.3) is 11.5 Å². The molecule has 2 unspecified atom stereocenters. The molecule has 0 saturated carbocycles. The molecule has 1 aromatic carbocycles. The molecule has 1 aliphatic heterocycles. The number of amides is 1. The smallest absolute Gasteiger partial charge is 0.329 e. The molecule has 33 heavy (non-hydrogen) atoms. The number of H-pyrrole nitrogens is 1. The number of anilines is 2. The number of hydrogen-bond acceptors (Lipinski definition) is 6. The first-order valence-corrected chi connectivity index (χ1v) is 10.9. The predicted octanol–water partition coefficient (Wildman–Crippen LogP) is 2.50. The van der Waals surface area contributed by atoms with Crippen LogP contribution < -0.4 is 21.5 Å². The summed E-state index contributed by atoms with van der Waals surface area (Å²) >= 11 is 0. The van der Waals surface area contributed by atoms with E-state index in [0.717, 1.165) is 0 Å². The van der Waals surface area contributed by atoms with E-state index in [1.165, 1.54) is 22.9 Å². The summed E-state index contributed by atoms with van der Waals surface area (Å²) in [7, 11) is 0. The maximum atomic E-state index is 14.8. The van der Waals surface area contributed by atoms with E-state index in [4.69, 9.17) is 4.74 Å². The first-order chi connectivity index (χ1) is 15.8. The standard InChI is InChI=1S/C23H26FN5O4/c1-4-7-29-20-17(22(31)27-23(29)32)8-15(10-25-20)21(30)26-16-5-6-19(18(24)9-16)28-11-13(2)33-14(3)12-28/h5-6,8-10,13-14H,4,7,11-12H2,1-3H3,(H,26,30)(H,27,31,32). The van der Waals surface area contributed by atoms with Crippen LogP contribution in [0, 0.1) is 5.82 Å². The summed E-state index contributed by atoms with van der Waals surface area (Å²) in [6.45, 7) is 7.33. The molecule has 9 nitrogen and oxygen atoms in total. The number of halogens is 1. The van der Waals surface area contributed by atoms with Crippen LogP contribution >= 0.6 is 0 Å². The van der Waals surface area contributed by atoms with Gasteiger partial charge in [0, 0.05) is 31.5 Å². The molecule has 1 saturated heterocycles. The molecule has 2 N–H and O–H groups in total. The van der Waals surface area contributed by atoms with Crippen molar-refractivity contribution in [2.75, 3.05) is 23.3 Å². The summed E-state index contributed by atoms with van der Waals surface area (Å²) < 4.78 is 21.9. The van der Waals surface area contributed by atoms with Crippen LogP contribution in [0.1, 0.15) is 37.6 Å². The van der Waals surface area contributed by atoms with E-state index in [0.29, 0.717) is 31.7 Å². The zero-order valence-corrected chi connectivity index (χ0v) is 18.7. The molecular weight excluding hydrogens is 429 g/mol. The number of aromatic amines is 1. The van der Waals surface area contributed by atoms with E-state index in [9.17, 15) is 18.8 Å². The lowest BCUT2D eigenvalue weighted by molar-refractivity contribution is -0.00539. The highest BCUT2D eigenvalue weighted by atomic mass is 19.1. The highest BCUT2D eigenvalue weighted by molar-refractivity contribution is 6.05. The molecule has 3 aromatic rings. The Morgan fingerprint density at radius 3 is 2.64 bits per heavy atom. The minimum absolute atomic E-state index is 0.00946. The van der Waals surface area contributed by atoms with Gasteiger partial charge in [0.2, 0.25) is 0 Å². The number of morpholine rings is 1. The maximum absolute atomic E-state index is 14.8. The van der Waals surface area contributed by atoms with E-state index >= 15 is 0 Å². The van der Waals surface area contributed by atoms with E-state index in [-0.39, 0.29) is 34.5 Å². The number of fused-ring (bicyclic) bond motifs is 1. The van der Waals surface area contributed by atoms with Crippen molar-refractivity contribution in [2.45, 2.75) is 45.9 Å². The van der Waals surface area contributed by atoms with Crippen molar-refractivity contribution < 1.29 is 13.9 Å². The van der Waals surface area contributed by atoms with Crippen molar-refractivity contribution in [1.29, 1.82) is 0 Å². The molecule has 4 rings (SSSR count). The lowest BCUT2D eigenvalue weighted by atomic mass is 10.1. The summed E-state index contributed by atoms with van der Waals surface area (Å²) in [6.07, 6.45) is 1.95. The van der Waals surface area contributed by atoms with Gasteiger partial charge in [-0.3, -0.25) is 19.1 Å². The molecule has 1 fully saturated rings.